The van der Waals surface area contributed by atoms with Crippen LogP contribution in [0.5, 0.6) is 11.5 Å². The molecule has 0 aliphatic carbocycles. The molecule has 0 aliphatic heterocycles. The summed E-state index contributed by atoms with van der Waals surface area (Å²) >= 11 is 1.47. The second-order valence-electron chi connectivity index (χ2n) is 7.01. The van der Waals surface area contributed by atoms with E-state index in [-0.39, 0.29) is 18.2 Å². The highest BCUT2D eigenvalue weighted by molar-refractivity contribution is 7.18. The van der Waals surface area contributed by atoms with E-state index in [0.717, 1.165) is 16.0 Å². The summed E-state index contributed by atoms with van der Waals surface area (Å²) in [6, 6.07) is 5.35. The van der Waals surface area contributed by atoms with Crippen molar-refractivity contribution >= 4 is 33.7 Å². The van der Waals surface area contributed by atoms with E-state index in [9.17, 15) is 9.59 Å². The van der Waals surface area contributed by atoms with Crippen molar-refractivity contribution in [1.82, 2.24) is 15.0 Å². The lowest BCUT2D eigenvalue weighted by Gasteiger charge is -2.13. The molecule has 0 unspecified atom stereocenters. The van der Waals surface area contributed by atoms with Crippen molar-refractivity contribution in [3.05, 3.63) is 50.9 Å². The molecule has 158 valence electrons. The predicted octanol–water partition coefficient (Wildman–Crippen LogP) is 3.02. The average Bonchev–Trinajstić information content (AvgIpc) is 2.99. The molecule has 0 fully saturated rings. The summed E-state index contributed by atoms with van der Waals surface area (Å²) < 4.78 is 12.3. The van der Waals surface area contributed by atoms with Gasteiger partial charge in [0.1, 0.15) is 11.4 Å². The predicted molar refractivity (Wildman–Crippen MR) is 118 cm³/mol. The second kappa shape index (κ2) is 9.08. The molecule has 0 radical (unpaired) electrons. The lowest BCUT2D eigenvalue weighted by atomic mass is 10.2. The van der Waals surface area contributed by atoms with E-state index in [0.29, 0.717) is 21.7 Å². The first kappa shape index (κ1) is 21.5. The quantitative estimate of drug-likeness (QED) is 0.461. The highest BCUT2D eigenvalue weighted by Gasteiger charge is 2.13. The molecule has 0 atom stereocenters. The Balaban J connectivity index is 1.68. The molecule has 2 aromatic heterocycles. The van der Waals surface area contributed by atoms with Crippen LogP contribution in [-0.2, 0) is 11.3 Å². The fourth-order valence-corrected chi connectivity index (χ4v) is 3.85. The third-order valence-corrected chi connectivity index (χ3v) is 5.54. The standard InChI is InChI=1S/C21H24N4O4S/c1-12(2)29-16-7-6-15(8-17(16)28-5)9-23-24-18(26)10-25-11-22-20-19(21(25)27)13(3)14(4)30-20/h6-9,11-12H,10H2,1-5H3,(H,24,26)/b23-9+. The van der Waals surface area contributed by atoms with Crippen LogP contribution in [-0.4, -0.2) is 34.9 Å². The van der Waals surface area contributed by atoms with E-state index in [1.807, 2.05) is 27.7 Å². The summed E-state index contributed by atoms with van der Waals surface area (Å²) in [5, 5.41) is 4.52. The molecule has 0 saturated carbocycles. The second-order valence-corrected chi connectivity index (χ2v) is 8.21. The molecule has 30 heavy (non-hydrogen) atoms. The van der Waals surface area contributed by atoms with Gasteiger partial charge in [-0.3, -0.25) is 14.2 Å². The summed E-state index contributed by atoms with van der Waals surface area (Å²) in [6.07, 6.45) is 2.91. The third-order valence-electron chi connectivity index (χ3n) is 4.42. The lowest BCUT2D eigenvalue weighted by Crippen LogP contribution is -2.30. The monoisotopic (exact) mass is 428 g/mol. The highest BCUT2D eigenvalue weighted by atomic mass is 32.1. The van der Waals surface area contributed by atoms with Crippen LogP contribution in [0.3, 0.4) is 0 Å². The number of hydrazone groups is 1. The smallest absolute Gasteiger partial charge is 0.262 e. The molecule has 1 N–H and O–H groups in total. The minimum absolute atomic E-state index is 0.0246. The van der Waals surface area contributed by atoms with Gasteiger partial charge in [-0.1, -0.05) is 0 Å². The first-order valence-corrected chi connectivity index (χ1v) is 10.2. The van der Waals surface area contributed by atoms with Gasteiger partial charge in [-0.05, 0) is 57.0 Å². The van der Waals surface area contributed by atoms with Gasteiger partial charge in [-0.15, -0.1) is 11.3 Å². The molecule has 3 aromatic rings. The van der Waals surface area contributed by atoms with Crippen LogP contribution in [0.2, 0.25) is 0 Å². The van der Waals surface area contributed by atoms with Gasteiger partial charge in [-0.25, -0.2) is 10.4 Å². The molecule has 0 bridgehead atoms. The lowest BCUT2D eigenvalue weighted by molar-refractivity contribution is -0.121. The van der Waals surface area contributed by atoms with Crippen LogP contribution in [0.15, 0.2) is 34.4 Å². The Labute approximate surface area is 178 Å². The van der Waals surface area contributed by atoms with Crippen molar-refractivity contribution in [3.8, 4) is 11.5 Å². The number of hydrogen-bond acceptors (Lipinski definition) is 7. The van der Waals surface area contributed by atoms with E-state index in [4.69, 9.17) is 9.47 Å². The number of methoxy groups -OCH3 is 1. The molecule has 9 heteroatoms. The van der Waals surface area contributed by atoms with Crippen LogP contribution >= 0.6 is 11.3 Å². The number of fused-ring (bicyclic) bond motifs is 1. The Hall–Kier alpha value is -3.20. The maximum Gasteiger partial charge on any atom is 0.262 e. The van der Waals surface area contributed by atoms with E-state index < -0.39 is 5.91 Å². The maximum absolute atomic E-state index is 12.7. The fourth-order valence-electron chi connectivity index (χ4n) is 2.87. The zero-order valence-electron chi connectivity index (χ0n) is 17.6. The number of hydrogen-bond donors (Lipinski definition) is 1. The van der Waals surface area contributed by atoms with Crippen LogP contribution in [0.1, 0.15) is 29.9 Å². The SMILES string of the molecule is COc1cc(/C=N/NC(=O)Cn2cnc3sc(C)c(C)c3c2=O)ccc1OC(C)C. The van der Waals surface area contributed by atoms with Crippen LogP contribution < -0.4 is 20.5 Å². The summed E-state index contributed by atoms with van der Waals surface area (Å²) in [4.78, 5) is 30.9. The Kier molecular flexibility index (Phi) is 6.51. The van der Waals surface area contributed by atoms with Crippen molar-refractivity contribution in [3.63, 3.8) is 0 Å². The minimum atomic E-state index is -0.425. The Bertz CT molecular complexity index is 1160. The van der Waals surface area contributed by atoms with Crippen molar-refractivity contribution in [2.24, 2.45) is 5.10 Å². The minimum Gasteiger partial charge on any atom is -0.493 e. The van der Waals surface area contributed by atoms with Gasteiger partial charge in [0.25, 0.3) is 11.5 Å². The number of nitrogens with one attached hydrogen (secondary N) is 1. The molecule has 2 heterocycles. The number of aromatic nitrogens is 2. The van der Waals surface area contributed by atoms with Crippen LogP contribution in [0.4, 0.5) is 0 Å². The topological polar surface area (TPSA) is 94.8 Å². The number of carbonyl (C=O) groups excluding carboxylic acids is 1. The first-order chi connectivity index (χ1) is 14.3. The third kappa shape index (κ3) is 4.68. The van der Waals surface area contributed by atoms with Crippen molar-refractivity contribution in [1.29, 1.82) is 0 Å². The van der Waals surface area contributed by atoms with Crippen LogP contribution in [0.25, 0.3) is 10.2 Å². The summed E-state index contributed by atoms with van der Waals surface area (Å²) in [5.74, 6) is 0.784. The van der Waals surface area contributed by atoms with Gasteiger partial charge in [-0.2, -0.15) is 5.10 Å². The largest absolute Gasteiger partial charge is 0.493 e. The molecule has 1 amide bonds. The molecular weight excluding hydrogens is 404 g/mol. The number of aryl methyl sites for hydroxylation is 2. The van der Waals surface area contributed by atoms with Gasteiger partial charge in [0, 0.05) is 4.88 Å². The summed E-state index contributed by atoms with van der Waals surface area (Å²) in [7, 11) is 1.56. The average molecular weight is 429 g/mol. The maximum atomic E-state index is 12.7. The zero-order valence-corrected chi connectivity index (χ0v) is 18.4. The van der Waals surface area contributed by atoms with E-state index in [1.54, 1.807) is 25.3 Å². The summed E-state index contributed by atoms with van der Waals surface area (Å²) in [5.41, 5.74) is 3.83. The number of thiophene rings is 1. The normalized spacial score (nSPS) is 11.4. The van der Waals surface area contributed by atoms with Crippen molar-refractivity contribution in [2.45, 2.75) is 40.3 Å². The number of nitrogens with zero attached hydrogens (tertiary/aromatic N) is 3. The Morgan fingerprint density at radius 2 is 2.10 bits per heavy atom. The number of carbonyl (C=O) groups is 1. The Morgan fingerprint density at radius 3 is 2.80 bits per heavy atom. The number of rotatable bonds is 7. The van der Waals surface area contributed by atoms with E-state index in [2.05, 4.69) is 15.5 Å². The number of ether oxygens (including phenoxy) is 2. The highest BCUT2D eigenvalue weighted by Crippen LogP contribution is 2.28. The molecule has 0 aliphatic rings. The van der Waals surface area contributed by atoms with E-state index >= 15 is 0 Å². The molecule has 0 saturated heterocycles. The van der Waals surface area contributed by atoms with Crippen molar-refractivity contribution in [2.75, 3.05) is 7.11 Å². The zero-order chi connectivity index (χ0) is 21.8. The Morgan fingerprint density at radius 1 is 1.33 bits per heavy atom. The fraction of sp³-hybridized carbons (Fsp3) is 0.333. The van der Waals surface area contributed by atoms with Gasteiger partial charge in [0.2, 0.25) is 0 Å². The summed E-state index contributed by atoms with van der Waals surface area (Å²) in [6.45, 7) is 7.53. The van der Waals surface area contributed by atoms with E-state index in [1.165, 1.54) is 28.4 Å². The molecule has 1 aromatic carbocycles. The number of benzene rings is 1. The van der Waals surface area contributed by atoms with Gasteiger partial charge >= 0.3 is 0 Å². The molecule has 8 nitrogen and oxygen atoms in total. The van der Waals surface area contributed by atoms with Gasteiger partial charge in [0.05, 0.1) is 31.1 Å². The molecular formula is C21H24N4O4S. The van der Waals surface area contributed by atoms with Gasteiger partial charge < -0.3 is 9.47 Å². The number of amides is 1. The molecule has 0 spiro atoms. The van der Waals surface area contributed by atoms with Crippen LogP contribution in [0, 0.1) is 13.8 Å². The van der Waals surface area contributed by atoms with Gasteiger partial charge in [0.15, 0.2) is 11.5 Å². The molecule has 3 rings (SSSR count). The first-order valence-electron chi connectivity index (χ1n) is 9.42. The van der Waals surface area contributed by atoms with Crippen molar-refractivity contribution < 1.29 is 14.3 Å².